The molecule has 0 aliphatic rings. The van der Waals surface area contributed by atoms with Crippen LogP contribution in [0.1, 0.15) is 0 Å². The number of carboxylic acids is 2. The average molecular weight is 304 g/mol. The molecule has 2 atom stereocenters. The molecule has 1 radical (unpaired) electrons. The van der Waals surface area contributed by atoms with Crippen LogP contribution in [0.5, 0.6) is 0 Å². The zero-order chi connectivity index (χ0) is 11.7. The van der Waals surface area contributed by atoms with E-state index in [9.17, 15) is 9.59 Å². The summed E-state index contributed by atoms with van der Waals surface area (Å²) < 4.78 is 0. The molecule has 0 fully saturated rings. The Morgan fingerprint density at radius 2 is 1.20 bits per heavy atom. The van der Waals surface area contributed by atoms with Crippen LogP contribution in [0.4, 0.5) is 0 Å². The summed E-state index contributed by atoms with van der Waals surface area (Å²) in [5, 5.41) is 15.9. The quantitative estimate of drug-likeness (QED) is 0.454. The van der Waals surface area contributed by atoms with E-state index in [0.717, 1.165) is 0 Å². The second-order valence-corrected chi connectivity index (χ2v) is 2.88. The van der Waals surface area contributed by atoms with E-state index in [2.05, 4.69) is 25.3 Å². The first kappa shape index (κ1) is 20.5. The van der Waals surface area contributed by atoms with Crippen LogP contribution in [0.2, 0.25) is 0 Å². The predicted molar refractivity (Wildman–Crippen MR) is 59.2 cm³/mol. The van der Waals surface area contributed by atoms with Gasteiger partial charge >= 0.3 is 17.1 Å². The Bertz CT molecular complexity index is 176. The van der Waals surface area contributed by atoms with Crippen LogP contribution in [0.3, 0.4) is 0 Å². The van der Waals surface area contributed by atoms with Crippen LogP contribution >= 0.6 is 25.3 Å². The van der Waals surface area contributed by atoms with Gasteiger partial charge in [-0.1, -0.05) is 0 Å². The van der Waals surface area contributed by atoms with Gasteiger partial charge in [0.1, 0.15) is 0 Å². The van der Waals surface area contributed by atoms with Crippen molar-refractivity contribution in [3.8, 4) is 0 Å². The minimum absolute atomic E-state index is 0. The van der Waals surface area contributed by atoms with Crippen LogP contribution < -0.4 is 0 Å². The van der Waals surface area contributed by atoms with Crippen LogP contribution in [0.25, 0.3) is 11.5 Å². The molecule has 0 amide bonds. The number of nitrogens with one attached hydrogen (secondary N) is 2. The number of aliphatic carboxylic acids is 2. The number of rotatable bonds is 4. The molecule has 0 aromatic carbocycles. The van der Waals surface area contributed by atoms with Crippen molar-refractivity contribution in [1.29, 1.82) is 0 Å². The smallest absolute Gasteiger partial charge is 0.665 e. The second kappa shape index (κ2) is 12.2. The van der Waals surface area contributed by atoms with Gasteiger partial charge in [0, 0.05) is 0 Å². The standard InChI is InChI=1S/2C3H6NO2S.Cu/c2*4-2(1-7)3(5)6;/h2*2,4,7H,1H2,(H,5,6);/q2*-1;+2. The van der Waals surface area contributed by atoms with Crippen LogP contribution in [0, 0.1) is 0 Å². The molecular formula is C6H12CuN2O4S2. The van der Waals surface area contributed by atoms with Gasteiger partial charge in [0.15, 0.2) is 0 Å². The molecule has 2 unspecified atom stereocenters. The monoisotopic (exact) mass is 303 g/mol. The van der Waals surface area contributed by atoms with E-state index < -0.39 is 24.0 Å². The first-order valence-corrected chi connectivity index (χ1v) is 4.72. The molecule has 15 heavy (non-hydrogen) atoms. The summed E-state index contributed by atoms with van der Waals surface area (Å²) in [5.41, 5.74) is 13.2. The Morgan fingerprint density at radius 1 is 1.00 bits per heavy atom. The van der Waals surface area contributed by atoms with Crippen LogP contribution in [-0.4, -0.2) is 45.7 Å². The predicted octanol–water partition coefficient (Wildman–Crippen LogP) is 0.841. The summed E-state index contributed by atoms with van der Waals surface area (Å²) in [4.78, 5) is 19.4. The first-order valence-electron chi connectivity index (χ1n) is 3.46. The summed E-state index contributed by atoms with van der Waals surface area (Å²) in [6.45, 7) is 0. The fourth-order valence-electron chi connectivity index (χ4n) is 0.156. The summed E-state index contributed by atoms with van der Waals surface area (Å²) in [5.74, 6) is -2.07. The van der Waals surface area contributed by atoms with Gasteiger partial charge in [-0.05, 0) is 23.6 Å². The van der Waals surface area contributed by atoms with E-state index in [1.165, 1.54) is 0 Å². The number of carboxylic acid groups (broad SMARTS) is 2. The third-order valence-electron chi connectivity index (χ3n) is 0.961. The van der Waals surface area contributed by atoms with E-state index in [0.29, 0.717) is 0 Å². The normalized spacial score (nSPS) is 12.5. The van der Waals surface area contributed by atoms with Crippen molar-refractivity contribution in [2.24, 2.45) is 0 Å². The third-order valence-corrected chi connectivity index (χ3v) is 1.69. The largest absolute Gasteiger partial charge is 2.00 e. The van der Waals surface area contributed by atoms with Crippen LogP contribution in [-0.2, 0) is 26.7 Å². The third kappa shape index (κ3) is 14.1. The average Bonchev–Trinajstić information content (AvgIpc) is 2.15. The Morgan fingerprint density at radius 3 is 1.20 bits per heavy atom. The molecule has 0 aromatic heterocycles. The molecule has 6 nitrogen and oxygen atoms in total. The summed E-state index contributed by atoms with van der Waals surface area (Å²) in [6.07, 6.45) is 0. The van der Waals surface area contributed by atoms with E-state index in [1.54, 1.807) is 0 Å². The van der Waals surface area contributed by atoms with Gasteiger partial charge in [-0.3, -0.25) is 9.59 Å². The molecule has 0 bridgehead atoms. The zero-order valence-electron chi connectivity index (χ0n) is 7.48. The molecule has 0 spiro atoms. The van der Waals surface area contributed by atoms with Gasteiger partial charge in [0.2, 0.25) is 0 Å². The zero-order valence-corrected chi connectivity index (χ0v) is 10.2. The fourth-order valence-corrected chi connectivity index (χ4v) is 0.469. The van der Waals surface area contributed by atoms with Crippen molar-refractivity contribution in [3.05, 3.63) is 11.5 Å². The van der Waals surface area contributed by atoms with Gasteiger partial charge in [-0.25, -0.2) is 0 Å². The van der Waals surface area contributed by atoms with Gasteiger partial charge in [-0.15, -0.1) is 0 Å². The molecule has 0 saturated heterocycles. The molecule has 0 heterocycles. The van der Waals surface area contributed by atoms with E-state index in [-0.39, 0.29) is 28.6 Å². The maximum atomic E-state index is 9.69. The minimum Gasteiger partial charge on any atom is -0.665 e. The maximum Gasteiger partial charge on any atom is 2.00 e. The van der Waals surface area contributed by atoms with Gasteiger partial charge in [0.25, 0.3) is 11.9 Å². The molecule has 93 valence electrons. The number of carbonyl (C=O) groups is 2. The van der Waals surface area contributed by atoms with Gasteiger partial charge < -0.3 is 21.7 Å². The number of hydrogen-bond donors (Lipinski definition) is 4. The maximum absolute atomic E-state index is 9.69. The number of hydrogen-bond acceptors (Lipinski definition) is 4. The molecule has 0 aromatic rings. The second-order valence-electron chi connectivity index (χ2n) is 2.15. The molecule has 0 rings (SSSR count). The SMILES string of the molecule is [Cu+2].[NH-]C(CS)C(=O)O.[NH-]C(CS)C(=O)O. The van der Waals surface area contributed by atoms with Crippen molar-refractivity contribution in [1.82, 2.24) is 0 Å². The van der Waals surface area contributed by atoms with E-state index in [4.69, 9.17) is 21.7 Å². The minimum atomic E-state index is -1.12. The van der Waals surface area contributed by atoms with Gasteiger partial charge in [-0.2, -0.15) is 25.3 Å². The summed E-state index contributed by atoms with van der Waals surface area (Å²) >= 11 is 7.17. The molecule has 9 heteroatoms. The van der Waals surface area contributed by atoms with E-state index in [1.807, 2.05) is 0 Å². The summed E-state index contributed by atoms with van der Waals surface area (Å²) in [6, 6.07) is -2.13. The molecule has 4 N–H and O–H groups in total. The van der Waals surface area contributed by atoms with Crippen molar-refractivity contribution < 1.29 is 36.9 Å². The Kier molecular flexibility index (Phi) is 16.6. The molecule has 0 aliphatic heterocycles. The van der Waals surface area contributed by atoms with Crippen molar-refractivity contribution in [2.75, 3.05) is 11.5 Å². The molecular weight excluding hydrogens is 292 g/mol. The van der Waals surface area contributed by atoms with Crippen molar-refractivity contribution in [2.45, 2.75) is 12.1 Å². The Hall–Kier alpha value is 0.0795. The van der Waals surface area contributed by atoms with E-state index >= 15 is 0 Å². The fraction of sp³-hybridized carbons (Fsp3) is 0.667. The molecule has 0 aliphatic carbocycles. The van der Waals surface area contributed by atoms with Crippen molar-refractivity contribution in [3.63, 3.8) is 0 Å². The Balaban J connectivity index is -0.000000180. The summed E-state index contributed by atoms with van der Waals surface area (Å²) in [7, 11) is 0. The Labute approximate surface area is 109 Å². The van der Waals surface area contributed by atoms with Crippen molar-refractivity contribution >= 4 is 37.2 Å². The van der Waals surface area contributed by atoms with Crippen LogP contribution in [0.15, 0.2) is 0 Å². The first-order chi connectivity index (χ1) is 6.36. The number of thiol groups is 2. The topological polar surface area (TPSA) is 122 Å². The van der Waals surface area contributed by atoms with Gasteiger partial charge in [0.05, 0.1) is 0 Å². The molecule has 0 saturated carbocycles.